The van der Waals surface area contributed by atoms with Gasteiger partial charge in [0.2, 0.25) is 0 Å². The number of aromatic nitrogens is 2. The van der Waals surface area contributed by atoms with E-state index in [0.717, 1.165) is 17.3 Å². The fraction of sp³-hybridized carbons (Fsp3) is 0.556. The first-order chi connectivity index (χ1) is 6.33. The van der Waals surface area contributed by atoms with Gasteiger partial charge in [0.25, 0.3) is 0 Å². The number of rotatable bonds is 5. The van der Waals surface area contributed by atoms with Crippen LogP contribution in [0.4, 0.5) is 0 Å². The van der Waals surface area contributed by atoms with Crippen LogP contribution in [-0.2, 0) is 0 Å². The lowest BCUT2D eigenvalue weighted by Crippen LogP contribution is -2.27. The van der Waals surface area contributed by atoms with Crippen LogP contribution in [0.3, 0.4) is 0 Å². The zero-order chi connectivity index (χ0) is 9.52. The molecule has 13 heavy (non-hydrogen) atoms. The topological polar surface area (TPSA) is 37.8 Å². The van der Waals surface area contributed by atoms with E-state index in [2.05, 4.69) is 29.1 Å². The van der Waals surface area contributed by atoms with Crippen LogP contribution in [0.15, 0.2) is 23.6 Å². The van der Waals surface area contributed by atoms with Crippen molar-refractivity contribution >= 4 is 11.8 Å². The number of nitrogens with one attached hydrogen (secondary N) is 1. The Morgan fingerprint density at radius 2 is 2.38 bits per heavy atom. The average molecular weight is 197 g/mol. The van der Waals surface area contributed by atoms with Crippen LogP contribution in [0, 0.1) is 0 Å². The molecule has 0 saturated carbocycles. The molecular weight excluding hydrogens is 182 g/mol. The highest BCUT2D eigenvalue weighted by Crippen LogP contribution is 2.13. The average Bonchev–Trinajstić information content (AvgIpc) is 2.17. The molecule has 4 heteroatoms. The van der Waals surface area contributed by atoms with Gasteiger partial charge in [0.1, 0.15) is 5.03 Å². The highest BCUT2D eigenvalue weighted by molar-refractivity contribution is 7.99. The predicted molar refractivity (Wildman–Crippen MR) is 55.9 cm³/mol. The monoisotopic (exact) mass is 197 g/mol. The molecule has 72 valence electrons. The van der Waals surface area contributed by atoms with Gasteiger partial charge in [-0.15, -0.1) is 11.8 Å². The first-order valence-electron chi connectivity index (χ1n) is 4.45. The summed E-state index contributed by atoms with van der Waals surface area (Å²) >= 11 is 1.73. The third-order valence-electron chi connectivity index (χ3n) is 1.57. The van der Waals surface area contributed by atoms with Crippen molar-refractivity contribution in [2.75, 3.05) is 12.3 Å². The summed E-state index contributed by atoms with van der Waals surface area (Å²) in [5.74, 6) is 1.03. The lowest BCUT2D eigenvalue weighted by atomic mass is 10.4. The van der Waals surface area contributed by atoms with Crippen LogP contribution in [0.25, 0.3) is 0 Å². The summed E-state index contributed by atoms with van der Waals surface area (Å²) in [5.41, 5.74) is 0. The summed E-state index contributed by atoms with van der Waals surface area (Å²) in [6, 6.07) is 0.525. The zero-order valence-electron chi connectivity index (χ0n) is 8.03. The van der Waals surface area contributed by atoms with Gasteiger partial charge in [-0.05, 0) is 13.5 Å². The minimum absolute atomic E-state index is 0.525. The summed E-state index contributed by atoms with van der Waals surface area (Å²) in [5, 5.41) is 4.34. The SMILES string of the molecule is CCNC(C)CSc1cnccn1. The number of thioether (sulfide) groups is 1. The third-order valence-corrected chi connectivity index (χ3v) is 2.75. The van der Waals surface area contributed by atoms with E-state index in [-0.39, 0.29) is 0 Å². The van der Waals surface area contributed by atoms with Gasteiger partial charge in [0.05, 0.1) is 6.20 Å². The molecule has 1 rings (SSSR count). The fourth-order valence-corrected chi connectivity index (χ4v) is 1.79. The van der Waals surface area contributed by atoms with Crippen molar-refractivity contribution in [2.24, 2.45) is 0 Å². The molecule has 0 aliphatic heterocycles. The van der Waals surface area contributed by atoms with Gasteiger partial charge in [0, 0.05) is 24.2 Å². The van der Waals surface area contributed by atoms with Gasteiger partial charge in [-0.2, -0.15) is 0 Å². The number of nitrogens with zero attached hydrogens (tertiary/aromatic N) is 2. The maximum absolute atomic E-state index is 4.18. The van der Waals surface area contributed by atoms with Crippen molar-refractivity contribution in [3.8, 4) is 0 Å². The second-order valence-electron chi connectivity index (χ2n) is 2.81. The van der Waals surface area contributed by atoms with Gasteiger partial charge in [-0.25, -0.2) is 4.98 Å². The van der Waals surface area contributed by atoms with Crippen molar-refractivity contribution in [3.63, 3.8) is 0 Å². The van der Waals surface area contributed by atoms with E-state index in [1.54, 1.807) is 30.4 Å². The Labute approximate surface area is 83.4 Å². The molecule has 0 aliphatic rings. The molecule has 1 atom stereocenters. The molecule has 0 fully saturated rings. The van der Waals surface area contributed by atoms with Crippen molar-refractivity contribution in [1.29, 1.82) is 0 Å². The summed E-state index contributed by atoms with van der Waals surface area (Å²) in [6.07, 6.45) is 5.21. The molecule has 1 heterocycles. The second kappa shape index (κ2) is 5.94. The molecule has 1 N–H and O–H groups in total. The second-order valence-corrected chi connectivity index (χ2v) is 3.85. The minimum atomic E-state index is 0.525. The lowest BCUT2D eigenvalue weighted by Gasteiger charge is -2.10. The molecule has 0 aromatic carbocycles. The normalized spacial score (nSPS) is 12.8. The van der Waals surface area contributed by atoms with E-state index in [4.69, 9.17) is 0 Å². The van der Waals surface area contributed by atoms with Gasteiger partial charge < -0.3 is 5.32 Å². The predicted octanol–water partition coefficient (Wildman–Crippen LogP) is 1.57. The molecular formula is C9H15N3S. The highest BCUT2D eigenvalue weighted by Gasteiger charge is 2.01. The van der Waals surface area contributed by atoms with Crippen LogP contribution < -0.4 is 5.32 Å². The van der Waals surface area contributed by atoms with Gasteiger partial charge in [-0.3, -0.25) is 4.98 Å². The molecule has 1 aromatic rings. The Hall–Kier alpha value is -0.610. The Morgan fingerprint density at radius 1 is 1.54 bits per heavy atom. The van der Waals surface area contributed by atoms with Crippen molar-refractivity contribution in [1.82, 2.24) is 15.3 Å². The number of hydrogen-bond donors (Lipinski definition) is 1. The van der Waals surface area contributed by atoms with Crippen LogP contribution in [0.1, 0.15) is 13.8 Å². The van der Waals surface area contributed by atoms with E-state index < -0.39 is 0 Å². The number of hydrogen-bond acceptors (Lipinski definition) is 4. The van der Waals surface area contributed by atoms with Gasteiger partial charge >= 0.3 is 0 Å². The summed E-state index contributed by atoms with van der Waals surface area (Å²) in [4.78, 5) is 8.19. The first-order valence-corrected chi connectivity index (χ1v) is 5.43. The van der Waals surface area contributed by atoms with Crippen LogP contribution in [0.2, 0.25) is 0 Å². The van der Waals surface area contributed by atoms with E-state index in [9.17, 15) is 0 Å². The van der Waals surface area contributed by atoms with Crippen LogP contribution in [0.5, 0.6) is 0 Å². The lowest BCUT2D eigenvalue weighted by molar-refractivity contribution is 0.620. The minimum Gasteiger partial charge on any atom is -0.314 e. The Kier molecular flexibility index (Phi) is 4.78. The van der Waals surface area contributed by atoms with E-state index >= 15 is 0 Å². The maximum atomic E-state index is 4.18. The van der Waals surface area contributed by atoms with Crippen molar-refractivity contribution < 1.29 is 0 Å². The molecule has 0 aliphatic carbocycles. The Balaban J connectivity index is 2.27. The molecule has 0 bridgehead atoms. The van der Waals surface area contributed by atoms with E-state index in [1.807, 2.05) is 0 Å². The molecule has 0 saturated heterocycles. The largest absolute Gasteiger partial charge is 0.314 e. The Bertz CT molecular complexity index is 228. The summed E-state index contributed by atoms with van der Waals surface area (Å²) in [6.45, 7) is 5.30. The standard InChI is InChI=1S/C9H15N3S/c1-3-11-8(2)7-13-9-6-10-4-5-12-9/h4-6,8,11H,3,7H2,1-2H3. The van der Waals surface area contributed by atoms with E-state index in [1.165, 1.54) is 0 Å². The fourth-order valence-electron chi connectivity index (χ4n) is 0.978. The summed E-state index contributed by atoms with van der Waals surface area (Å²) in [7, 11) is 0. The van der Waals surface area contributed by atoms with Crippen molar-refractivity contribution in [3.05, 3.63) is 18.6 Å². The molecule has 1 aromatic heterocycles. The molecule has 3 nitrogen and oxygen atoms in total. The highest BCUT2D eigenvalue weighted by atomic mass is 32.2. The van der Waals surface area contributed by atoms with E-state index in [0.29, 0.717) is 6.04 Å². The van der Waals surface area contributed by atoms with Gasteiger partial charge in [-0.1, -0.05) is 6.92 Å². The molecule has 1 unspecified atom stereocenters. The molecule has 0 spiro atoms. The van der Waals surface area contributed by atoms with Gasteiger partial charge in [0.15, 0.2) is 0 Å². The van der Waals surface area contributed by atoms with Crippen LogP contribution in [-0.4, -0.2) is 28.3 Å². The molecule has 0 radical (unpaired) electrons. The summed E-state index contributed by atoms with van der Waals surface area (Å²) < 4.78 is 0. The van der Waals surface area contributed by atoms with Crippen LogP contribution >= 0.6 is 11.8 Å². The maximum Gasteiger partial charge on any atom is 0.114 e. The smallest absolute Gasteiger partial charge is 0.114 e. The molecule has 0 amide bonds. The third kappa shape index (κ3) is 4.24. The first kappa shape index (κ1) is 10.5. The quantitative estimate of drug-likeness (QED) is 0.727. The zero-order valence-corrected chi connectivity index (χ0v) is 8.84. The Morgan fingerprint density at radius 3 is 3.00 bits per heavy atom. The van der Waals surface area contributed by atoms with Crippen molar-refractivity contribution in [2.45, 2.75) is 24.9 Å².